The minimum absolute atomic E-state index is 0.179. The highest BCUT2D eigenvalue weighted by molar-refractivity contribution is 5.90. The zero-order valence-corrected chi connectivity index (χ0v) is 12.1. The van der Waals surface area contributed by atoms with E-state index < -0.39 is 0 Å². The largest absolute Gasteiger partial charge is 0.361 e. The Morgan fingerprint density at radius 3 is 2.80 bits per heavy atom. The van der Waals surface area contributed by atoms with Crippen molar-refractivity contribution < 1.29 is 9.32 Å². The van der Waals surface area contributed by atoms with Crippen molar-refractivity contribution in [2.75, 3.05) is 0 Å². The topological polar surface area (TPSA) is 73.0 Å². The lowest BCUT2D eigenvalue weighted by Gasteiger charge is -2.07. The first-order valence-corrected chi connectivity index (χ1v) is 6.96. The molecule has 1 amide bonds. The first-order chi connectivity index (χ1) is 9.71. The average molecular weight is 276 g/mol. The molecule has 0 aromatic carbocycles. The van der Waals surface area contributed by atoms with Gasteiger partial charge in [-0.1, -0.05) is 19.0 Å². The summed E-state index contributed by atoms with van der Waals surface area (Å²) in [6, 6.07) is 0. The van der Waals surface area contributed by atoms with Gasteiger partial charge in [-0.15, -0.1) is 0 Å². The molecule has 2 aromatic rings. The Labute approximate surface area is 118 Å². The number of nitrogens with one attached hydrogen (secondary N) is 1. The van der Waals surface area contributed by atoms with Crippen molar-refractivity contribution >= 4 is 5.91 Å². The number of hydrogen-bond donors (Lipinski definition) is 1. The van der Waals surface area contributed by atoms with E-state index in [1.165, 1.54) is 0 Å². The first-order valence-electron chi connectivity index (χ1n) is 6.96. The molecule has 6 nitrogen and oxygen atoms in total. The minimum atomic E-state index is -0.179. The smallest absolute Gasteiger partial charge is 0.287 e. The van der Waals surface area contributed by atoms with E-state index >= 15 is 0 Å². The summed E-state index contributed by atoms with van der Waals surface area (Å²) in [4.78, 5) is 16.2. The molecule has 1 N–H and O–H groups in total. The van der Waals surface area contributed by atoms with Gasteiger partial charge in [0.25, 0.3) is 5.91 Å². The maximum atomic E-state index is 12.1. The lowest BCUT2D eigenvalue weighted by Crippen LogP contribution is -2.26. The van der Waals surface area contributed by atoms with E-state index in [1.807, 2.05) is 25.3 Å². The van der Waals surface area contributed by atoms with Crippen LogP contribution in [-0.2, 0) is 25.9 Å². The molecule has 0 aliphatic heterocycles. The summed E-state index contributed by atoms with van der Waals surface area (Å²) in [5, 5.41) is 6.92. The first kappa shape index (κ1) is 14.3. The lowest BCUT2D eigenvalue weighted by atomic mass is 10.1. The highest BCUT2D eigenvalue weighted by Crippen LogP contribution is 2.15. The number of amides is 1. The zero-order valence-electron chi connectivity index (χ0n) is 12.1. The van der Waals surface area contributed by atoms with E-state index in [9.17, 15) is 4.79 Å². The van der Waals surface area contributed by atoms with Gasteiger partial charge in [-0.2, -0.15) is 0 Å². The molecule has 0 fully saturated rings. The van der Waals surface area contributed by atoms with Gasteiger partial charge in [0.1, 0.15) is 5.76 Å². The standard InChI is InChI=1S/C14H20N4O2/c1-4-11-10(12(5-2)20-17-11)9-16-14(19)13-15-7-8-18(13)6-3/h7-8H,4-6,9H2,1-3H3,(H,16,19). The molecule has 2 rings (SSSR count). The van der Waals surface area contributed by atoms with Gasteiger partial charge in [0.2, 0.25) is 0 Å². The Morgan fingerprint density at radius 2 is 2.15 bits per heavy atom. The minimum Gasteiger partial charge on any atom is -0.361 e. The Hall–Kier alpha value is -2.11. The molecule has 0 radical (unpaired) electrons. The monoisotopic (exact) mass is 276 g/mol. The second kappa shape index (κ2) is 6.36. The normalized spacial score (nSPS) is 10.8. The fourth-order valence-electron chi connectivity index (χ4n) is 2.16. The van der Waals surface area contributed by atoms with Gasteiger partial charge >= 0.3 is 0 Å². The predicted molar refractivity (Wildman–Crippen MR) is 74.3 cm³/mol. The Bertz CT molecular complexity index is 564. The number of hydrogen-bond acceptors (Lipinski definition) is 4. The average Bonchev–Trinajstić information content (AvgIpc) is 3.10. The summed E-state index contributed by atoms with van der Waals surface area (Å²) in [5.74, 6) is 1.09. The van der Waals surface area contributed by atoms with Gasteiger partial charge in [-0.25, -0.2) is 4.98 Å². The van der Waals surface area contributed by atoms with Crippen LogP contribution in [0.3, 0.4) is 0 Å². The molecular formula is C14H20N4O2. The third-order valence-electron chi connectivity index (χ3n) is 3.29. The molecule has 0 atom stereocenters. The van der Waals surface area contributed by atoms with E-state index in [4.69, 9.17) is 4.52 Å². The molecule has 0 saturated carbocycles. The molecule has 6 heteroatoms. The van der Waals surface area contributed by atoms with Crippen molar-refractivity contribution in [2.45, 2.75) is 46.7 Å². The molecule has 0 saturated heterocycles. The van der Waals surface area contributed by atoms with Crippen LogP contribution in [0.5, 0.6) is 0 Å². The van der Waals surface area contributed by atoms with Crippen LogP contribution >= 0.6 is 0 Å². The van der Waals surface area contributed by atoms with Gasteiger partial charge in [0.05, 0.1) is 5.69 Å². The van der Waals surface area contributed by atoms with E-state index in [0.717, 1.165) is 36.4 Å². The van der Waals surface area contributed by atoms with Gasteiger partial charge in [0, 0.05) is 37.5 Å². The van der Waals surface area contributed by atoms with E-state index in [1.54, 1.807) is 12.4 Å². The quantitative estimate of drug-likeness (QED) is 0.875. The van der Waals surface area contributed by atoms with Crippen LogP contribution < -0.4 is 5.32 Å². The molecule has 2 aromatic heterocycles. The van der Waals surface area contributed by atoms with Gasteiger partial charge in [0.15, 0.2) is 5.82 Å². The fraction of sp³-hybridized carbons (Fsp3) is 0.500. The van der Waals surface area contributed by atoms with Crippen LogP contribution in [0.1, 0.15) is 48.4 Å². The van der Waals surface area contributed by atoms with Crippen molar-refractivity contribution in [2.24, 2.45) is 0 Å². The summed E-state index contributed by atoms with van der Waals surface area (Å²) >= 11 is 0. The van der Waals surface area contributed by atoms with Crippen LogP contribution in [0.15, 0.2) is 16.9 Å². The lowest BCUT2D eigenvalue weighted by molar-refractivity contribution is 0.0936. The van der Waals surface area contributed by atoms with Crippen LogP contribution in [0.4, 0.5) is 0 Å². The summed E-state index contributed by atoms with van der Waals surface area (Å²) in [6.07, 6.45) is 4.98. The second-order valence-electron chi connectivity index (χ2n) is 4.46. The summed E-state index contributed by atoms with van der Waals surface area (Å²) in [6.45, 7) is 7.14. The molecule has 20 heavy (non-hydrogen) atoms. The number of carbonyl (C=O) groups is 1. The van der Waals surface area contributed by atoms with Crippen molar-refractivity contribution in [1.29, 1.82) is 0 Å². The van der Waals surface area contributed by atoms with Crippen molar-refractivity contribution in [3.8, 4) is 0 Å². The van der Waals surface area contributed by atoms with Gasteiger partial charge in [-0.3, -0.25) is 4.79 Å². The molecule has 2 heterocycles. The molecule has 0 bridgehead atoms. The molecule has 0 aliphatic rings. The summed E-state index contributed by atoms with van der Waals surface area (Å²) < 4.78 is 7.09. The molecule has 0 spiro atoms. The molecular weight excluding hydrogens is 256 g/mol. The van der Waals surface area contributed by atoms with E-state index in [2.05, 4.69) is 15.5 Å². The zero-order chi connectivity index (χ0) is 14.5. The maximum Gasteiger partial charge on any atom is 0.287 e. The van der Waals surface area contributed by atoms with Crippen molar-refractivity contribution in [3.63, 3.8) is 0 Å². The maximum absolute atomic E-state index is 12.1. The van der Waals surface area contributed by atoms with Crippen LogP contribution in [-0.4, -0.2) is 20.6 Å². The van der Waals surface area contributed by atoms with E-state index in [0.29, 0.717) is 12.4 Å². The highest BCUT2D eigenvalue weighted by Gasteiger charge is 2.16. The fourth-order valence-corrected chi connectivity index (χ4v) is 2.16. The molecule has 108 valence electrons. The highest BCUT2D eigenvalue weighted by atomic mass is 16.5. The Morgan fingerprint density at radius 1 is 1.35 bits per heavy atom. The number of carbonyl (C=O) groups excluding carboxylic acids is 1. The molecule has 0 aliphatic carbocycles. The van der Waals surface area contributed by atoms with Gasteiger partial charge < -0.3 is 14.4 Å². The number of imidazole rings is 1. The van der Waals surface area contributed by atoms with Crippen LogP contribution in [0.25, 0.3) is 0 Å². The molecule has 0 unspecified atom stereocenters. The number of aryl methyl sites for hydroxylation is 3. The number of rotatable bonds is 6. The number of nitrogens with zero attached hydrogens (tertiary/aromatic N) is 3. The SMILES string of the molecule is CCc1noc(CC)c1CNC(=O)c1nccn1CC. The van der Waals surface area contributed by atoms with Gasteiger partial charge in [-0.05, 0) is 13.3 Å². The Kier molecular flexibility index (Phi) is 4.55. The number of aromatic nitrogens is 3. The Balaban J connectivity index is 2.09. The van der Waals surface area contributed by atoms with Crippen molar-refractivity contribution in [1.82, 2.24) is 20.0 Å². The third-order valence-corrected chi connectivity index (χ3v) is 3.29. The van der Waals surface area contributed by atoms with E-state index in [-0.39, 0.29) is 5.91 Å². The summed E-state index contributed by atoms with van der Waals surface area (Å²) in [5.41, 5.74) is 1.89. The second-order valence-corrected chi connectivity index (χ2v) is 4.46. The van der Waals surface area contributed by atoms with Crippen molar-refractivity contribution in [3.05, 3.63) is 35.2 Å². The van der Waals surface area contributed by atoms with Crippen LogP contribution in [0.2, 0.25) is 0 Å². The summed E-state index contributed by atoms with van der Waals surface area (Å²) in [7, 11) is 0. The third kappa shape index (κ3) is 2.74. The predicted octanol–water partition coefficient (Wildman–Crippen LogP) is 1.95. The van der Waals surface area contributed by atoms with Crippen LogP contribution in [0, 0.1) is 0 Å².